The fourth-order valence-electron chi connectivity index (χ4n) is 4.32. The molecule has 2 N–H and O–H groups in total. The average molecular weight is 364 g/mol. The van der Waals surface area contributed by atoms with E-state index < -0.39 is 0 Å². The molecule has 3 heterocycles. The van der Waals surface area contributed by atoms with Gasteiger partial charge in [0.2, 0.25) is 0 Å². The largest absolute Gasteiger partial charge is 0.483 e. The normalized spacial score (nSPS) is 21.4. The molecule has 0 spiro atoms. The molecular weight excluding hydrogens is 336 g/mol. The Hall–Kier alpha value is -1.93. The van der Waals surface area contributed by atoms with Crippen LogP contribution < -0.4 is 0 Å². The molecule has 2 aliphatic heterocycles. The lowest BCUT2D eigenvalue weighted by atomic mass is 9.94. The van der Waals surface area contributed by atoms with Crippen LogP contribution in [0.2, 0.25) is 0 Å². The van der Waals surface area contributed by atoms with Gasteiger partial charge in [0, 0.05) is 44.8 Å². The van der Waals surface area contributed by atoms with Crippen LogP contribution in [-0.4, -0.2) is 80.5 Å². The van der Waals surface area contributed by atoms with Crippen molar-refractivity contribution in [2.24, 2.45) is 7.05 Å². The van der Waals surface area contributed by atoms with Crippen LogP contribution in [0.3, 0.4) is 0 Å². The van der Waals surface area contributed by atoms with E-state index >= 15 is 0 Å². The molecule has 8 nitrogen and oxygen atoms in total. The van der Waals surface area contributed by atoms with Gasteiger partial charge < -0.3 is 15.1 Å². The summed E-state index contributed by atoms with van der Waals surface area (Å²) >= 11 is 0. The van der Waals surface area contributed by atoms with E-state index in [1.807, 2.05) is 11.9 Å². The number of carboxylic acid groups (broad SMARTS) is 1. The second-order valence-corrected chi connectivity index (χ2v) is 7.34. The Morgan fingerprint density at radius 2 is 1.81 bits per heavy atom. The summed E-state index contributed by atoms with van der Waals surface area (Å²) in [6, 6.07) is 0.530. The summed E-state index contributed by atoms with van der Waals surface area (Å²) in [6.45, 7) is 2.98. The van der Waals surface area contributed by atoms with Gasteiger partial charge in [0.15, 0.2) is 0 Å². The topological polar surface area (TPSA) is 98.9 Å². The van der Waals surface area contributed by atoms with Gasteiger partial charge in [-0.25, -0.2) is 0 Å². The van der Waals surface area contributed by atoms with E-state index in [-0.39, 0.29) is 18.5 Å². The van der Waals surface area contributed by atoms with Crippen molar-refractivity contribution in [2.75, 3.05) is 26.2 Å². The Labute approximate surface area is 153 Å². The second kappa shape index (κ2) is 8.18. The van der Waals surface area contributed by atoms with Crippen molar-refractivity contribution in [1.82, 2.24) is 19.6 Å². The number of aryl methyl sites for hydroxylation is 2. The summed E-state index contributed by atoms with van der Waals surface area (Å²) in [5.74, 6) is 0.158. The molecule has 26 heavy (non-hydrogen) atoms. The molecule has 3 aliphatic rings. The standard InChI is InChI=1S/C17H26N4O2.CH2O2/c1-19-16(14-4-2-3-5-15(14)18-19)17(23)20-8-6-12(7-9-20)21-10-13(22)11-21;2-1-3/h12-13,22H,2-11H2,1H3;1H,(H,2,3). The number of nitrogens with zero attached hydrogens (tertiary/aromatic N) is 4. The SMILES string of the molecule is Cn1nc2c(c1C(=O)N1CCC(N3CC(O)C3)CC1)CCCC2.O=CO. The van der Waals surface area contributed by atoms with E-state index in [1.165, 1.54) is 18.4 Å². The highest BCUT2D eigenvalue weighted by Crippen LogP contribution is 2.27. The van der Waals surface area contributed by atoms with E-state index in [0.717, 1.165) is 63.3 Å². The Kier molecular flexibility index (Phi) is 5.93. The maximum atomic E-state index is 13.0. The summed E-state index contributed by atoms with van der Waals surface area (Å²) in [5.41, 5.74) is 3.14. The smallest absolute Gasteiger partial charge is 0.290 e. The van der Waals surface area contributed by atoms with Crippen molar-refractivity contribution in [3.8, 4) is 0 Å². The monoisotopic (exact) mass is 364 g/mol. The number of hydrogen-bond donors (Lipinski definition) is 2. The van der Waals surface area contributed by atoms with Crippen LogP contribution >= 0.6 is 0 Å². The number of rotatable bonds is 2. The molecule has 1 amide bonds. The van der Waals surface area contributed by atoms with E-state index in [9.17, 15) is 9.90 Å². The first kappa shape index (κ1) is 18.8. The maximum absolute atomic E-state index is 13.0. The van der Waals surface area contributed by atoms with E-state index in [2.05, 4.69) is 10.00 Å². The van der Waals surface area contributed by atoms with Gasteiger partial charge in [-0.2, -0.15) is 5.10 Å². The highest BCUT2D eigenvalue weighted by Gasteiger charge is 2.35. The van der Waals surface area contributed by atoms with Crippen molar-refractivity contribution >= 4 is 12.4 Å². The first-order valence-corrected chi connectivity index (χ1v) is 9.39. The van der Waals surface area contributed by atoms with Crippen LogP contribution in [0.5, 0.6) is 0 Å². The lowest BCUT2D eigenvalue weighted by molar-refractivity contribution is -0.122. The Balaban J connectivity index is 0.000000613. The van der Waals surface area contributed by atoms with E-state index in [4.69, 9.17) is 9.90 Å². The van der Waals surface area contributed by atoms with Crippen molar-refractivity contribution in [3.05, 3.63) is 17.0 Å². The molecule has 0 bridgehead atoms. The molecule has 8 heteroatoms. The van der Waals surface area contributed by atoms with Crippen molar-refractivity contribution in [1.29, 1.82) is 0 Å². The molecule has 1 aromatic rings. The van der Waals surface area contributed by atoms with Gasteiger partial charge in [-0.05, 0) is 38.5 Å². The molecule has 2 fully saturated rings. The summed E-state index contributed by atoms with van der Waals surface area (Å²) in [4.78, 5) is 25.7. The van der Waals surface area contributed by atoms with Gasteiger partial charge in [-0.3, -0.25) is 19.2 Å². The number of aromatic nitrogens is 2. The first-order chi connectivity index (χ1) is 12.5. The Morgan fingerprint density at radius 1 is 1.19 bits per heavy atom. The summed E-state index contributed by atoms with van der Waals surface area (Å²) in [6.07, 6.45) is 6.23. The van der Waals surface area contributed by atoms with Crippen LogP contribution in [0.1, 0.15) is 47.4 Å². The van der Waals surface area contributed by atoms with E-state index in [0.29, 0.717) is 6.04 Å². The molecule has 0 saturated carbocycles. The number of β-amino-alcohol motifs (C(OH)–C–C–N with tert-alkyl or cyclic N) is 1. The number of carbonyl (C=O) groups is 2. The van der Waals surface area contributed by atoms with Crippen molar-refractivity contribution in [3.63, 3.8) is 0 Å². The van der Waals surface area contributed by atoms with Gasteiger partial charge >= 0.3 is 0 Å². The predicted octanol–water partition coefficient (Wildman–Crippen LogP) is 0.281. The summed E-state index contributed by atoms with van der Waals surface area (Å²) in [7, 11) is 1.90. The average Bonchev–Trinajstić information content (AvgIpc) is 2.95. The molecule has 1 aliphatic carbocycles. The third kappa shape index (κ3) is 3.76. The number of likely N-dealkylation sites (tertiary alicyclic amines) is 2. The molecular formula is C18H28N4O4. The number of amides is 1. The fraction of sp³-hybridized carbons (Fsp3) is 0.722. The number of aliphatic hydroxyl groups excluding tert-OH is 1. The molecule has 0 atom stereocenters. The molecule has 4 rings (SSSR count). The van der Waals surface area contributed by atoms with Gasteiger partial charge in [0.25, 0.3) is 12.4 Å². The fourth-order valence-corrected chi connectivity index (χ4v) is 4.32. The molecule has 0 radical (unpaired) electrons. The molecule has 1 aromatic heterocycles. The van der Waals surface area contributed by atoms with Crippen LogP contribution in [-0.2, 0) is 24.7 Å². The van der Waals surface area contributed by atoms with Crippen LogP contribution in [0.25, 0.3) is 0 Å². The quantitative estimate of drug-likeness (QED) is 0.732. The third-order valence-corrected chi connectivity index (χ3v) is 5.68. The minimum absolute atomic E-state index is 0.143. The Morgan fingerprint density at radius 3 is 2.42 bits per heavy atom. The third-order valence-electron chi connectivity index (χ3n) is 5.68. The minimum Gasteiger partial charge on any atom is -0.483 e. The van der Waals surface area contributed by atoms with Gasteiger partial charge in [0.1, 0.15) is 5.69 Å². The highest BCUT2D eigenvalue weighted by atomic mass is 16.3. The van der Waals surface area contributed by atoms with Crippen molar-refractivity contribution < 1.29 is 19.8 Å². The second-order valence-electron chi connectivity index (χ2n) is 7.34. The molecule has 2 saturated heterocycles. The predicted molar refractivity (Wildman–Crippen MR) is 95.0 cm³/mol. The van der Waals surface area contributed by atoms with Crippen LogP contribution in [0.4, 0.5) is 0 Å². The number of fused-ring (bicyclic) bond motifs is 1. The number of piperidine rings is 1. The van der Waals surface area contributed by atoms with Gasteiger partial charge in [0.05, 0.1) is 11.8 Å². The van der Waals surface area contributed by atoms with E-state index in [1.54, 1.807) is 4.68 Å². The lowest BCUT2D eigenvalue weighted by Gasteiger charge is -2.45. The zero-order chi connectivity index (χ0) is 18.7. The lowest BCUT2D eigenvalue weighted by Crippen LogP contribution is -2.58. The molecule has 0 unspecified atom stereocenters. The minimum atomic E-state index is -0.250. The maximum Gasteiger partial charge on any atom is 0.290 e. The zero-order valence-electron chi connectivity index (χ0n) is 15.3. The number of aliphatic hydroxyl groups is 1. The summed E-state index contributed by atoms with van der Waals surface area (Å²) in [5, 5.41) is 20.9. The van der Waals surface area contributed by atoms with Gasteiger partial charge in [-0.1, -0.05) is 0 Å². The van der Waals surface area contributed by atoms with Crippen LogP contribution in [0.15, 0.2) is 0 Å². The zero-order valence-corrected chi connectivity index (χ0v) is 15.3. The highest BCUT2D eigenvalue weighted by molar-refractivity contribution is 5.94. The number of carbonyl (C=O) groups excluding carboxylic acids is 1. The number of hydrogen-bond acceptors (Lipinski definition) is 5. The van der Waals surface area contributed by atoms with Crippen LogP contribution in [0, 0.1) is 0 Å². The van der Waals surface area contributed by atoms with Crippen molar-refractivity contribution in [2.45, 2.75) is 50.7 Å². The molecule has 0 aromatic carbocycles. The Bertz CT molecular complexity index is 646. The van der Waals surface area contributed by atoms with Gasteiger partial charge in [-0.15, -0.1) is 0 Å². The first-order valence-electron chi connectivity index (χ1n) is 9.39. The molecule has 144 valence electrons. The summed E-state index contributed by atoms with van der Waals surface area (Å²) < 4.78 is 1.80.